The van der Waals surface area contributed by atoms with Crippen molar-refractivity contribution in [3.05, 3.63) is 57.9 Å². The molecule has 2 heterocycles. The van der Waals surface area contributed by atoms with Gasteiger partial charge in [0.15, 0.2) is 0 Å². The molecule has 1 amide bonds. The number of hydrogen-bond donors (Lipinski definition) is 1. The van der Waals surface area contributed by atoms with Crippen LogP contribution in [0.3, 0.4) is 0 Å². The summed E-state index contributed by atoms with van der Waals surface area (Å²) in [6.07, 6.45) is 3.49. The van der Waals surface area contributed by atoms with Crippen LogP contribution in [0.4, 0.5) is 4.39 Å². The minimum Gasteiger partial charge on any atom is -0.363 e. The highest BCUT2D eigenvalue weighted by Crippen LogP contribution is 2.24. The molecule has 7 heteroatoms. The van der Waals surface area contributed by atoms with E-state index >= 15 is 0 Å². The molecule has 2 aromatic rings. The van der Waals surface area contributed by atoms with Gasteiger partial charge in [-0.1, -0.05) is 17.7 Å². The molecule has 22 heavy (non-hydrogen) atoms. The Morgan fingerprint density at radius 1 is 1.50 bits per heavy atom. The van der Waals surface area contributed by atoms with Gasteiger partial charge >= 0.3 is 0 Å². The lowest BCUT2D eigenvalue weighted by Crippen LogP contribution is -2.32. The Morgan fingerprint density at radius 3 is 3.05 bits per heavy atom. The first-order chi connectivity index (χ1) is 10.5. The minimum atomic E-state index is -0.687. The van der Waals surface area contributed by atoms with E-state index in [-0.39, 0.29) is 11.6 Å². The summed E-state index contributed by atoms with van der Waals surface area (Å²) in [6.45, 7) is 1.56. The standard InChI is InChI=1S/C15H13ClFN4O/c16-11-2-1-3-12(17)10(11)7-21-5-4-9-6-19-15(14(18)22)20-13(9)8-21/h1-3H,4-5,7-8H2,(H2,18,22). The molecule has 0 saturated heterocycles. The number of nitrogens with two attached hydrogens (primary N) is 1. The van der Waals surface area contributed by atoms with Gasteiger partial charge in [-0.3, -0.25) is 9.69 Å². The Bertz CT molecular complexity index is 717. The first-order valence-corrected chi connectivity index (χ1v) is 7.15. The molecule has 0 aliphatic carbocycles. The van der Waals surface area contributed by atoms with Crippen molar-refractivity contribution >= 4 is 17.5 Å². The zero-order valence-electron chi connectivity index (χ0n) is 11.6. The summed E-state index contributed by atoms with van der Waals surface area (Å²) in [5.74, 6) is -1.07. The van der Waals surface area contributed by atoms with Crippen molar-refractivity contribution in [1.29, 1.82) is 0 Å². The van der Waals surface area contributed by atoms with Crippen molar-refractivity contribution in [2.45, 2.75) is 19.5 Å². The predicted octanol–water partition coefficient (Wildman–Crippen LogP) is 1.73. The van der Waals surface area contributed by atoms with Crippen LogP contribution in [-0.2, 0) is 19.5 Å². The van der Waals surface area contributed by atoms with Gasteiger partial charge in [0.25, 0.3) is 5.91 Å². The molecule has 113 valence electrons. The fraction of sp³-hybridized carbons (Fsp3) is 0.267. The Kier molecular flexibility index (Phi) is 4.04. The van der Waals surface area contributed by atoms with Gasteiger partial charge in [0.2, 0.25) is 5.82 Å². The Labute approximate surface area is 131 Å². The smallest absolute Gasteiger partial charge is 0.286 e. The van der Waals surface area contributed by atoms with Gasteiger partial charge in [-0.15, -0.1) is 0 Å². The third-order valence-electron chi connectivity index (χ3n) is 3.60. The van der Waals surface area contributed by atoms with Crippen LogP contribution in [0.1, 0.15) is 27.4 Å². The van der Waals surface area contributed by atoms with E-state index in [9.17, 15) is 9.18 Å². The molecule has 0 fully saturated rings. The second-order valence-corrected chi connectivity index (χ2v) is 5.52. The lowest BCUT2D eigenvalue weighted by atomic mass is 10.1. The third kappa shape index (κ3) is 2.93. The summed E-state index contributed by atoms with van der Waals surface area (Å²) in [7, 11) is 0. The highest BCUT2D eigenvalue weighted by Gasteiger charge is 2.21. The van der Waals surface area contributed by atoms with Crippen LogP contribution in [0.5, 0.6) is 0 Å². The fourth-order valence-electron chi connectivity index (χ4n) is 2.45. The number of rotatable bonds is 3. The molecular weight excluding hydrogens is 307 g/mol. The summed E-state index contributed by atoms with van der Waals surface area (Å²) >= 11 is 6.06. The zero-order valence-corrected chi connectivity index (χ0v) is 12.4. The number of aromatic nitrogens is 2. The van der Waals surface area contributed by atoms with Crippen LogP contribution in [0, 0.1) is 12.0 Å². The average Bonchev–Trinajstić information content (AvgIpc) is 2.50. The second kappa shape index (κ2) is 5.98. The van der Waals surface area contributed by atoms with Crippen LogP contribution in [0.25, 0.3) is 0 Å². The maximum atomic E-state index is 13.9. The molecule has 0 saturated carbocycles. The molecule has 0 unspecified atom stereocenters. The molecule has 0 spiro atoms. The van der Waals surface area contributed by atoms with E-state index in [1.807, 2.05) is 4.90 Å². The first kappa shape index (κ1) is 14.9. The molecule has 1 aliphatic heterocycles. The quantitative estimate of drug-likeness (QED) is 0.935. The van der Waals surface area contributed by atoms with Crippen LogP contribution in [0.2, 0.25) is 5.02 Å². The fourth-order valence-corrected chi connectivity index (χ4v) is 2.67. The molecule has 1 aromatic carbocycles. The van der Waals surface area contributed by atoms with E-state index in [1.54, 1.807) is 12.1 Å². The number of hydrogen-bond acceptors (Lipinski definition) is 4. The maximum Gasteiger partial charge on any atom is 0.286 e. The van der Waals surface area contributed by atoms with Gasteiger partial charge in [-0.2, -0.15) is 0 Å². The van der Waals surface area contributed by atoms with Crippen LogP contribution in [0.15, 0.2) is 18.2 Å². The number of halogens is 2. The SMILES string of the molecule is NC(=O)c1n[c]c2c(n1)CN(Cc1c(F)cccc1Cl)CC2. The number of fused-ring (bicyclic) bond motifs is 1. The third-order valence-corrected chi connectivity index (χ3v) is 3.96. The Balaban J connectivity index is 1.82. The van der Waals surface area contributed by atoms with Gasteiger partial charge in [0.1, 0.15) is 5.82 Å². The van der Waals surface area contributed by atoms with E-state index in [1.165, 1.54) is 6.07 Å². The molecule has 1 aromatic heterocycles. The maximum absolute atomic E-state index is 13.9. The van der Waals surface area contributed by atoms with Gasteiger partial charge < -0.3 is 5.73 Å². The molecule has 2 N–H and O–H groups in total. The van der Waals surface area contributed by atoms with E-state index in [0.29, 0.717) is 42.3 Å². The summed E-state index contributed by atoms with van der Waals surface area (Å²) in [5, 5.41) is 0.401. The summed E-state index contributed by atoms with van der Waals surface area (Å²) in [5.41, 5.74) is 7.20. The highest BCUT2D eigenvalue weighted by atomic mass is 35.5. The van der Waals surface area contributed by atoms with Crippen molar-refractivity contribution < 1.29 is 9.18 Å². The van der Waals surface area contributed by atoms with Crippen LogP contribution < -0.4 is 5.73 Å². The molecule has 1 radical (unpaired) electrons. The number of primary amides is 1. The molecular formula is C15H13ClFN4O. The number of nitrogens with zero attached hydrogens (tertiary/aromatic N) is 3. The van der Waals surface area contributed by atoms with Crippen molar-refractivity contribution in [3.8, 4) is 0 Å². The average molecular weight is 320 g/mol. The number of carbonyl (C=O) groups excluding carboxylic acids is 1. The van der Waals surface area contributed by atoms with Gasteiger partial charge in [0.05, 0.1) is 11.9 Å². The Hall–Kier alpha value is -2.05. The second-order valence-electron chi connectivity index (χ2n) is 5.11. The molecule has 3 rings (SSSR count). The van der Waals surface area contributed by atoms with Gasteiger partial charge in [-0.25, -0.2) is 14.4 Å². The van der Waals surface area contributed by atoms with Gasteiger partial charge in [-0.05, 0) is 18.6 Å². The lowest BCUT2D eigenvalue weighted by molar-refractivity contribution is 0.0989. The highest BCUT2D eigenvalue weighted by molar-refractivity contribution is 6.31. The summed E-state index contributed by atoms with van der Waals surface area (Å²) in [4.78, 5) is 21.1. The largest absolute Gasteiger partial charge is 0.363 e. The Morgan fingerprint density at radius 2 is 2.32 bits per heavy atom. The number of amides is 1. The van der Waals surface area contributed by atoms with E-state index < -0.39 is 5.91 Å². The van der Waals surface area contributed by atoms with E-state index in [4.69, 9.17) is 17.3 Å². The topological polar surface area (TPSA) is 72.1 Å². The lowest BCUT2D eigenvalue weighted by Gasteiger charge is -2.28. The normalized spacial score (nSPS) is 14.6. The summed E-state index contributed by atoms with van der Waals surface area (Å²) in [6, 6.07) is 4.63. The first-order valence-electron chi connectivity index (χ1n) is 6.77. The molecule has 1 aliphatic rings. The van der Waals surface area contributed by atoms with Crippen LogP contribution >= 0.6 is 11.6 Å². The van der Waals surface area contributed by atoms with E-state index in [0.717, 1.165) is 5.56 Å². The summed E-state index contributed by atoms with van der Waals surface area (Å²) < 4.78 is 13.9. The number of benzene rings is 1. The van der Waals surface area contributed by atoms with Crippen molar-refractivity contribution in [3.63, 3.8) is 0 Å². The monoisotopic (exact) mass is 319 g/mol. The predicted molar refractivity (Wildman–Crippen MR) is 78.6 cm³/mol. The molecule has 0 bridgehead atoms. The minimum absolute atomic E-state index is 0.0514. The van der Waals surface area contributed by atoms with E-state index in [2.05, 4.69) is 16.2 Å². The molecule has 5 nitrogen and oxygen atoms in total. The molecule has 0 atom stereocenters. The van der Waals surface area contributed by atoms with Gasteiger partial charge in [0, 0.05) is 35.8 Å². The number of carbonyl (C=O) groups is 1. The van der Waals surface area contributed by atoms with Crippen molar-refractivity contribution in [2.24, 2.45) is 5.73 Å². The zero-order chi connectivity index (χ0) is 15.7. The van der Waals surface area contributed by atoms with Crippen LogP contribution in [-0.4, -0.2) is 27.3 Å². The van der Waals surface area contributed by atoms with Crippen molar-refractivity contribution in [1.82, 2.24) is 14.9 Å². The van der Waals surface area contributed by atoms with Crippen molar-refractivity contribution in [2.75, 3.05) is 6.54 Å².